The number of nitrogens with zero attached hydrogens (tertiary/aromatic N) is 2. The summed E-state index contributed by atoms with van der Waals surface area (Å²) in [5.41, 5.74) is 0.254. The van der Waals surface area contributed by atoms with Gasteiger partial charge in [0.2, 0.25) is 0 Å². The summed E-state index contributed by atoms with van der Waals surface area (Å²) in [5.74, 6) is 1.37. The maximum absolute atomic E-state index is 12.5. The maximum Gasteiger partial charge on any atom is 0.416 e. The molecule has 0 bridgehead atoms. The molecule has 1 atom stereocenters. The third-order valence-electron chi connectivity index (χ3n) is 4.59. The van der Waals surface area contributed by atoms with E-state index in [-0.39, 0.29) is 0 Å². The molecule has 1 saturated heterocycles. The number of rotatable bonds is 6. The number of likely N-dealkylation sites (tertiary alicyclic amines) is 1. The quantitative estimate of drug-likeness (QED) is 0.608. The number of guanidine groups is 1. The molecule has 0 radical (unpaired) electrons. The van der Waals surface area contributed by atoms with Crippen molar-refractivity contribution in [3.05, 3.63) is 35.4 Å². The molecule has 25 heavy (non-hydrogen) atoms. The Morgan fingerprint density at radius 1 is 1.24 bits per heavy atom. The molecular formula is C18H27F3N4. The van der Waals surface area contributed by atoms with Crippen molar-refractivity contribution < 1.29 is 13.2 Å². The summed E-state index contributed by atoms with van der Waals surface area (Å²) in [7, 11) is 1.72. The molecule has 0 amide bonds. The van der Waals surface area contributed by atoms with Crippen LogP contribution in [-0.2, 0) is 12.6 Å². The molecule has 0 aliphatic carbocycles. The van der Waals surface area contributed by atoms with Crippen LogP contribution in [0.2, 0.25) is 0 Å². The Kier molecular flexibility index (Phi) is 7.11. The van der Waals surface area contributed by atoms with Gasteiger partial charge < -0.3 is 15.5 Å². The SMILES string of the molecule is CCN1CCC(CNC(=NC)NCCc2ccc(C(F)(F)F)cc2)C1. The molecule has 7 heteroatoms. The molecule has 4 nitrogen and oxygen atoms in total. The van der Waals surface area contributed by atoms with Crippen molar-refractivity contribution >= 4 is 5.96 Å². The van der Waals surface area contributed by atoms with Crippen molar-refractivity contribution in [1.29, 1.82) is 0 Å². The lowest BCUT2D eigenvalue weighted by Gasteiger charge is -2.16. The summed E-state index contributed by atoms with van der Waals surface area (Å²) >= 11 is 0. The van der Waals surface area contributed by atoms with Crippen LogP contribution in [0.3, 0.4) is 0 Å². The van der Waals surface area contributed by atoms with Gasteiger partial charge in [0.1, 0.15) is 0 Å². The number of hydrogen-bond acceptors (Lipinski definition) is 2. The zero-order chi connectivity index (χ0) is 18.3. The second-order valence-corrected chi connectivity index (χ2v) is 6.37. The molecule has 1 aromatic carbocycles. The minimum absolute atomic E-state index is 0.612. The van der Waals surface area contributed by atoms with Crippen LogP contribution >= 0.6 is 0 Å². The summed E-state index contributed by atoms with van der Waals surface area (Å²) in [5, 5.41) is 6.55. The summed E-state index contributed by atoms with van der Waals surface area (Å²) < 4.78 is 37.6. The fourth-order valence-electron chi connectivity index (χ4n) is 3.01. The Morgan fingerprint density at radius 3 is 2.52 bits per heavy atom. The Morgan fingerprint density at radius 2 is 1.96 bits per heavy atom. The van der Waals surface area contributed by atoms with E-state index >= 15 is 0 Å². The molecule has 2 rings (SSSR count). The van der Waals surface area contributed by atoms with Crippen LogP contribution in [0.25, 0.3) is 0 Å². The highest BCUT2D eigenvalue weighted by atomic mass is 19.4. The molecule has 1 aromatic rings. The van der Waals surface area contributed by atoms with Gasteiger partial charge in [0.15, 0.2) is 5.96 Å². The Labute approximate surface area is 147 Å². The lowest BCUT2D eigenvalue weighted by atomic mass is 10.1. The molecule has 1 fully saturated rings. The number of nitrogens with one attached hydrogen (secondary N) is 2. The van der Waals surface area contributed by atoms with Crippen molar-refractivity contribution in [3.63, 3.8) is 0 Å². The fourth-order valence-corrected chi connectivity index (χ4v) is 3.01. The summed E-state index contributed by atoms with van der Waals surface area (Å²) in [6.45, 7) is 7.05. The van der Waals surface area contributed by atoms with E-state index in [1.807, 2.05) is 0 Å². The van der Waals surface area contributed by atoms with Crippen molar-refractivity contribution in [2.45, 2.75) is 25.9 Å². The minimum atomic E-state index is -4.28. The van der Waals surface area contributed by atoms with Crippen molar-refractivity contribution in [1.82, 2.24) is 15.5 Å². The van der Waals surface area contributed by atoms with Gasteiger partial charge in [0, 0.05) is 26.7 Å². The molecule has 0 saturated carbocycles. The van der Waals surface area contributed by atoms with Crippen LogP contribution in [-0.4, -0.2) is 50.6 Å². The number of halogens is 3. The highest BCUT2D eigenvalue weighted by molar-refractivity contribution is 5.79. The van der Waals surface area contributed by atoms with Crippen LogP contribution < -0.4 is 10.6 Å². The molecule has 1 aliphatic rings. The van der Waals surface area contributed by atoms with Crippen molar-refractivity contribution in [2.24, 2.45) is 10.9 Å². The average Bonchev–Trinajstić information content (AvgIpc) is 3.05. The lowest BCUT2D eigenvalue weighted by Crippen LogP contribution is -2.41. The van der Waals surface area contributed by atoms with Crippen LogP contribution in [0.5, 0.6) is 0 Å². The predicted octanol–water partition coefficient (Wildman–Crippen LogP) is 2.75. The number of hydrogen-bond donors (Lipinski definition) is 2. The van der Waals surface area contributed by atoms with Crippen LogP contribution in [0.15, 0.2) is 29.3 Å². The third kappa shape index (κ3) is 6.23. The standard InChI is InChI=1S/C18H27F3N4/c1-3-25-11-9-15(13-25)12-24-17(22-2)23-10-8-14-4-6-16(7-5-14)18(19,20)21/h4-7,15H,3,8-13H2,1-2H3,(H2,22,23,24). The summed E-state index contributed by atoms with van der Waals surface area (Å²) in [6, 6.07) is 5.31. The summed E-state index contributed by atoms with van der Waals surface area (Å²) in [6.07, 6.45) is -2.44. The number of alkyl halides is 3. The summed E-state index contributed by atoms with van der Waals surface area (Å²) in [4.78, 5) is 6.64. The molecule has 140 valence electrons. The van der Waals surface area contributed by atoms with Gasteiger partial charge in [-0.3, -0.25) is 4.99 Å². The third-order valence-corrected chi connectivity index (χ3v) is 4.59. The molecule has 1 unspecified atom stereocenters. The van der Waals surface area contributed by atoms with E-state index in [1.54, 1.807) is 7.05 Å². The van der Waals surface area contributed by atoms with Crippen molar-refractivity contribution in [3.8, 4) is 0 Å². The van der Waals surface area contributed by atoms with Gasteiger partial charge in [-0.2, -0.15) is 13.2 Å². The second kappa shape index (κ2) is 9.08. The second-order valence-electron chi connectivity index (χ2n) is 6.37. The molecule has 1 aliphatic heterocycles. The van der Waals surface area contributed by atoms with Gasteiger partial charge in [0.05, 0.1) is 5.56 Å². The normalized spacial score (nSPS) is 19.2. The van der Waals surface area contributed by atoms with E-state index < -0.39 is 11.7 Å². The maximum atomic E-state index is 12.5. The van der Waals surface area contributed by atoms with E-state index in [0.29, 0.717) is 18.9 Å². The Bertz CT molecular complexity index is 554. The number of benzene rings is 1. The van der Waals surface area contributed by atoms with Crippen LogP contribution in [0, 0.1) is 5.92 Å². The monoisotopic (exact) mass is 356 g/mol. The van der Waals surface area contributed by atoms with E-state index in [4.69, 9.17) is 0 Å². The van der Waals surface area contributed by atoms with Gasteiger partial charge in [-0.15, -0.1) is 0 Å². The highest BCUT2D eigenvalue weighted by Gasteiger charge is 2.29. The fraction of sp³-hybridized carbons (Fsp3) is 0.611. The topological polar surface area (TPSA) is 39.7 Å². The highest BCUT2D eigenvalue weighted by Crippen LogP contribution is 2.29. The molecular weight excluding hydrogens is 329 g/mol. The largest absolute Gasteiger partial charge is 0.416 e. The van der Waals surface area contributed by atoms with E-state index in [2.05, 4.69) is 27.4 Å². The first-order valence-electron chi connectivity index (χ1n) is 8.75. The van der Waals surface area contributed by atoms with Gasteiger partial charge in [0.25, 0.3) is 0 Å². The first-order valence-corrected chi connectivity index (χ1v) is 8.75. The van der Waals surface area contributed by atoms with Gasteiger partial charge >= 0.3 is 6.18 Å². The van der Waals surface area contributed by atoms with E-state index in [9.17, 15) is 13.2 Å². The van der Waals surface area contributed by atoms with E-state index in [1.165, 1.54) is 18.6 Å². The van der Waals surface area contributed by atoms with Crippen LogP contribution in [0.1, 0.15) is 24.5 Å². The average molecular weight is 356 g/mol. The van der Waals surface area contributed by atoms with Crippen molar-refractivity contribution in [2.75, 3.05) is 39.8 Å². The zero-order valence-corrected chi connectivity index (χ0v) is 14.9. The number of aliphatic imine (C=N–C) groups is 1. The molecule has 2 N–H and O–H groups in total. The van der Waals surface area contributed by atoms with E-state index in [0.717, 1.165) is 49.8 Å². The van der Waals surface area contributed by atoms with Gasteiger partial charge in [-0.25, -0.2) is 0 Å². The first-order chi connectivity index (χ1) is 11.9. The smallest absolute Gasteiger partial charge is 0.356 e. The van der Waals surface area contributed by atoms with Gasteiger partial charge in [-0.1, -0.05) is 19.1 Å². The lowest BCUT2D eigenvalue weighted by molar-refractivity contribution is -0.137. The molecule has 0 aromatic heterocycles. The molecule has 0 spiro atoms. The first kappa shape index (κ1) is 19.6. The van der Waals surface area contributed by atoms with Gasteiger partial charge in [-0.05, 0) is 49.5 Å². The van der Waals surface area contributed by atoms with Crippen LogP contribution in [0.4, 0.5) is 13.2 Å². The Balaban J connectivity index is 1.70. The Hall–Kier alpha value is -1.76. The minimum Gasteiger partial charge on any atom is -0.356 e. The zero-order valence-electron chi connectivity index (χ0n) is 14.9. The predicted molar refractivity (Wildman–Crippen MR) is 94.7 cm³/mol. The molecule has 1 heterocycles.